The smallest absolute Gasteiger partial charge is 0.178 e. The summed E-state index contributed by atoms with van der Waals surface area (Å²) in [6.07, 6.45) is 0. The minimum atomic E-state index is -0.541. The predicted octanol–water partition coefficient (Wildman–Crippen LogP) is 15.3. The summed E-state index contributed by atoms with van der Waals surface area (Å²) < 4.78 is 20.1. The van der Waals surface area contributed by atoms with Gasteiger partial charge in [-0.05, 0) is 69.8 Å². The molecule has 0 atom stereocenters. The highest BCUT2D eigenvalue weighted by Gasteiger charge is 2.48. The summed E-state index contributed by atoms with van der Waals surface area (Å²) in [7, 11) is 0. The fraction of sp³-hybridized carbons (Fsp3) is 0.0169. The molecule has 1 aliphatic heterocycles. The highest BCUT2D eigenvalue weighted by molar-refractivity contribution is 6.09. The number of fused-ring (bicyclic) bond motifs is 9. The number of aromatic nitrogens is 2. The first-order valence-corrected chi connectivity index (χ1v) is 21.5. The molecule has 0 saturated carbocycles. The molecule has 0 N–H and O–H groups in total. The summed E-state index contributed by atoms with van der Waals surface area (Å²) in [5, 5.41) is 2.21. The Morgan fingerprint density at radius 3 is 1.77 bits per heavy atom. The second kappa shape index (κ2) is 14.3. The Morgan fingerprint density at radius 1 is 0.375 bits per heavy atom. The molecule has 0 radical (unpaired) electrons. The zero-order valence-corrected chi connectivity index (χ0v) is 34.4. The molecule has 0 amide bonds. The van der Waals surface area contributed by atoms with E-state index in [1.807, 2.05) is 54.6 Å². The Hall–Kier alpha value is -8.54. The Kier molecular flexibility index (Phi) is 8.06. The summed E-state index contributed by atoms with van der Waals surface area (Å²) >= 11 is 0. The quantitative estimate of drug-likeness (QED) is 0.167. The third-order valence-corrected chi connectivity index (χ3v) is 12.9. The molecule has 300 valence electrons. The SMILES string of the molecule is c1ccc(-c2cc(-c3ccc4c(c3)Oc3ccc5c(c3O4)-c3ccccc3C5(c3ccccc3)c3ccccc3)nc(-c3ccc(-c4cccc5c4oc4ccccc45)cc3)n2)cc1. The molecule has 2 aliphatic rings. The normalized spacial score (nSPS) is 13.1. The van der Waals surface area contributed by atoms with Gasteiger partial charge in [-0.3, -0.25) is 0 Å². The third kappa shape index (κ3) is 5.51. The van der Waals surface area contributed by atoms with Gasteiger partial charge in [0.1, 0.15) is 11.2 Å². The highest BCUT2D eigenvalue weighted by Crippen LogP contribution is 2.62. The summed E-state index contributed by atoms with van der Waals surface area (Å²) in [5.74, 6) is 3.28. The summed E-state index contributed by atoms with van der Waals surface area (Å²) in [6.45, 7) is 0. The summed E-state index contributed by atoms with van der Waals surface area (Å²) in [4.78, 5) is 10.3. The van der Waals surface area contributed by atoms with Crippen molar-refractivity contribution in [2.45, 2.75) is 5.41 Å². The monoisotopic (exact) mass is 820 g/mol. The molecule has 5 nitrogen and oxygen atoms in total. The van der Waals surface area contributed by atoms with Gasteiger partial charge >= 0.3 is 0 Å². The number of furan rings is 1. The molecule has 0 fully saturated rings. The zero-order valence-electron chi connectivity index (χ0n) is 34.4. The molecule has 0 spiro atoms. The third-order valence-electron chi connectivity index (χ3n) is 12.9. The van der Waals surface area contributed by atoms with E-state index in [-0.39, 0.29) is 0 Å². The number of ether oxygens (including phenoxy) is 2. The molecule has 2 aromatic heterocycles. The van der Waals surface area contributed by atoms with Crippen molar-refractivity contribution in [3.63, 3.8) is 0 Å². The van der Waals surface area contributed by atoms with Crippen LogP contribution in [0.25, 0.3) is 78.1 Å². The molecular formula is C59H36N2O3. The molecule has 1 aliphatic carbocycles. The van der Waals surface area contributed by atoms with Gasteiger partial charge in [-0.1, -0.05) is 182 Å². The summed E-state index contributed by atoms with van der Waals surface area (Å²) in [5.41, 5.74) is 14.7. The first-order chi connectivity index (χ1) is 31.7. The molecule has 0 bridgehead atoms. The molecule has 11 aromatic rings. The van der Waals surface area contributed by atoms with Gasteiger partial charge in [0, 0.05) is 38.6 Å². The predicted molar refractivity (Wildman–Crippen MR) is 255 cm³/mol. The van der Waals surface area contributed by atoms with Crippen LogP contribution in [-0.2, 0) is 5.41 Å². The number of benzene rings is 9. The minimum Gasteiger partial charge on any atom is -0.455 e. The van der Waals surface area contributed by atoms with Gasteiger partial charge in [-0.25, -0.2) is 9.97 Å². The second-order valence-electron chi connectivity index (χ2n) is 16.4. The van der Waals surface area contributed by atoms with E-state index in [9.17, 15) is 0 Å². The Bertz CT molecular complexity index is 3560. The Balaban J connectivity index is 0.891. The number of hydrogen-bond acceptors (Lipinski definition) is 5. The van der Waals surface area contributed by atoms with Crippen molar-refractivity contribution in [1.82, 2.24) is 9.97 Å². The lowest BCUT2D eigenvalue weighted by Gasteiger charge is -2.34. The average Bonchev–Trinajstić information content (AvgIpc) is 3.91. The van der Waals surface area contributed by atoms with Crippen LogP contribution in [0, 0.1) is 0 Å². The van der Waals surface area contributed by atoms with Crippen LogP contribution in [0.5, 0.6) is 23.0 Å². The van der Waals surface area contributed by atoms with Crippen LogP contribution in [0.3, 0.4) is 0 Å². The van der Waals surface area contributed by atoms with E-state index in [2.05, 4.69) is 164 Å². The van der Waals surface area contributed by atoms with Crippen LogP contribution in [0.2, 0.25) is 0 Å². The van der Waals surface area contributed by atoms with E-state index in [1.165, 1.54) is 16.7 Å². The van der Waals surface area contributed by atoms with Crippen LogP contribution >= 0.6 is 0 Å². The zero-order chi connectivity index (χ0) is 42.2. The maximum Gasteiger partial charge on any atom is 0.178 e. The lowest BCUT2D eigenvalue weighted by atomic mass is 9.68. The molecule has 9 aromatic carbocycles. The molecule has 0 saturated heterocycles. The van der Waals surface area contributed by atoms with Crippen molar-refractivity contribution >= 4 is 21.9 Å². The van der Waals surface area contributed by atoms with Crippen molar-refractivity contribution < 1.29 is 13.9 Å². The molecule has 5 heteroatoms. The van der Waals surface area contributed by atoms with Gasteiger partial charge in [0.2, 0.25) is 0 Å². The van der Waals surface area contributed by atoms with Gasteiger partial charge in [0.15, 0.2) is 28.8 Å². The molecular weight excluding hydrogens is 785 g/mol. The van der Waals surface area contributed by atoms with Crippen LogP contribution in [0.15, 0.2) is 223 Å². The van der Waals surface area contributed by atoms with Crippen LogP contribution < -0.4 is 9.47 Å². The van der Waals surface area contributed by atoms with E-state index in [0.717, 1.165) is 83.6 Å². The fourth-order valence-corrected chi connectivity index (χ4v) is 9.98. The number of nitrogens with zero attached hydrogens (tertiary/aromatic N) is 2. The molecule has 0 unspecified atom stereocenters. The Morgan fingerprint density at radius 2 is 0.984 bits per heavy atom. The number of hydrogen-bond donors (Lipinski definition) is 0. The van der Waals surface area contributed by atoms with Crippen LogP contribution in [0.4, 0.5) is 0 Å². The average molecular weight is 821 g/mol. The maximum atomic E-state index is 6.95. The standard InChI is InChI=1S/C59H36N2O3/c1-4-15-38(16-5-1)49-36-50(61-58(60-49)39-29-27-37(28-30-39)43-23-14-24-45-44-21-11-13-26-51(44)63-56(43)45)40-31-33-52-54(35-40)62-53-34-32-48-55(57(53)64-52)46-22-10-12-25-47(46)59(48,41-17-6-2-7-18-41)42-19-8-3-9-20-42/h1-36H. The van der Waals surface area contributed by atoms with Crippen LogP contribution in [0.1, 0.15) is 22.3 Å². The minimum absolute atomic E-state index is 0.541. The van der Waals surface area contributed by atoms with Gasteiger partial charge < -0.3 is 13.9 Å². The molecule has 64 heavy (non-hydrogen) atoms. The topological polar surface area (TPSA) is 57.4 Å². The first kappa shape index (κ1) is 36.1. The maximum absolute atomic E-state index is 6.95. The Labute approximate surface area is 369 Å². The first-order valence-electron chi connectivity index (χ1n) is 21.5. The van der Waals surface area contributed by atoms with Crippen molar-refractivity contribution in [2.75, 3.05) is 0 Å². The van der Waals surface area contributed by atoms with E-state index in [4.69, 9.17) is 23.9 Å². The van der Waals surface area contributed by atoms with Gasteiger partial charge in [0.05, 0.1) is 16.8 Å². The van der Waals surface area contributed by atoms with E-state index >= 15 is 0 Å². The van der Waals surface area contributed by atoms with Crippen molar-refractivity contribution in [1.29, 1.82) is 0 Å². The lowest BCUT2D eigenvalue weighted by Crippen LogP contribution is -2.28. The highest BCUT2D eigenvalue weighted by atomic mass is 16.6. The van der Waals surface area contributed by atoms with Gasteiger partial charge in [-0.2, -0.15) is 0 Å². The lowest BCUT2D eigenvalue weighted by molar-refractivity contribution is 0.360. The van der Waals surface area contributed by atoms with Gasteiger partial charge in [0.25, 0.3) is 0 Å². The number of para-hydroxylation sites is 2. The molecule has 13 rings (SSSR count). The largest absolute Gasteiger partial charge is 0.455 e. The second-order valence-corrected chi connectivity index (χ2v) is 16.4. The van der Waals surface area contributed by atoms with Gasteiger partial charge in [-0.15, -0.1) is 0 Å². The fourth-order valence-electron chi connectivity index (χ4n) is 9.98. The van der Waals surface area contributed by atoms with E-state index in [0.29, 0.717) is 23.1 Å². The van der Waals surface area contributed by atoms with Crippen LogP contribution in [-0.4, -0.2) is 9.97 Å². The summed E-state index contributed by atoms with van der Waals surface area (Å²) in [6, 6.07) is 75.8. The van der Waals surface area contributed by atoms with Crippen molar-refractivity contribution in [3.8, 4) is 79.2 Å². The van der Waals surface area contributed by atoms with Crippen molar-refractivity contribution in [3.05, 3.63) is 241 Å². The van der Waals surface area contributed by atoms with Crippen molar-refractivity contribution in [2.24, 2.45) is 0 Å². The number of rotatable bonds is 6. The van der Waals surface area contributed by atoms with E-state index < -0.39 is 5.41 Å². The molecule has 3 heterocycles. The van der Waals surface area contributed by atoms with E-state index in [1.54, 1.807) is 0 Å².